The van der Waals surface area contributed by atoms with Crippen LogP contribution in [0.25, 0.3) is 0 Å². The van der Waals surface area contributed by atoms with Crippen LogP contribution in [0.15, 0.2) is 47.6 Å². The number of Topliss-reactive ketones (excluding diaryl/α,β-unsaturated/α-hetero) is 3. The minimum absolute atomic E-state index is 0.0193. The summed E-state index contributed by atoms with van der Waals surface area (Å²) in [6.07, 6.45) is 11.2. The first-order valence-corrected chi connectivity index (χ1v) is 23.9. The number of carbonyl (C=O) groups excluding carboxylic acids is 5. The lowest BCUT2D eigenvalue weighted by Gasteiger charge is -2.42. The number of cyclic esters (lactones) is 1. The van der Waals surface area contributed by atoms with Crippen LogP contribution in [0, 0.1) is 35.5 Å². The first kappa shape index (κ1) is 54.2. The van der Waals surface area contributed by atoms with Gasteiger partial charge in [0.1, 0.15) is 30.1 Å². The molecule has 14 nitrogen and oxygen atoms in total. The summed E-state index contributed by atoms with van der Waals surface area (Å²) in [6, 6.07) is -1.14. The summed E-state index contributed by atoms with van der Waals surface area (Å²) < 4.78 is 29.4. The minimum Gasteiger partial charge on any atom is -0.460 e. The van der Waals surface area contributed by atoms with Crippen LogP contribution < -0.4 is 0 Å². The van der Waals surface area contributed by atoms with Crippen molar-refractivity contribution in [2.24, 2.45) is 35.5 Å². The molecule has 1 unspecified atom stereocenters. The number of esters is 1. The van der Waals surface area contributed by atoms with E-state index in [2.05, 4.69) is 0 Å². The van der Waals surface area contributed by atoms with E-state index in [-0.39, 0.29) is 54.8 Å². The third kappa shape index (κ3) is 14.3. The zero-order chi connectivity index (χ0) is 48.2. The van der Waals surface area contributed by atoms with Crippen molar-refractivity contribution in [1.82, 2.24) is 4.90 Å². The van der Waals surface area contributed by atoms with Crippen LogP contribution in [0.1, 0.15) is 126 Å². The van der Waals surface area contributed by atoms with Gasteiger partial charge in [0.15, 0.2) is 5.78 Å². The van der Waals surface area contributed by atoms with Gasteiger partial charge in [0.2, 0.25) is 5.79 Å². The molecule has 3 aliphatic heterocycles. The van der Waals surface area contributed by atoms with Crippen LogP contribution in [-0.2, 0) is 47.7 Å². The van der Waals surface area contributed by atoms with E-state index in [1.54, 1.807) is 41.1 Å². The lowest BCUT2D eigenvalue weighted by atomic mass is 9.78. The summed E-state index contributed by atoms with van der Waals surface area (Å²) >= 11 is 0. The van der Waals surface area contributed by atoms with E-state index >= 15 is 0 Å². The van der Waals surface area contributed by atoms with Gasteiger partial charge in [-0.3, -0.25) is 19.2 Å². The number of amides is 1. The average Bonchev–Trinajstić information content (AvgIpc) is 3.28. The number of rotatable bonds is 6. The second-order valence-electron chi connectivity index (χ2n) is 19.6. The number of carbonyl (C=O) groups is 5. The van der Waals surface area contributed by atoms with E-state index in [0.29, 0.717) is 63.4 Å². The molecule has 65 heavy (non-hydrogen) atoms. The Labute approximate surface area is 387 Å². The zero-order valence-corrected chi connectivity index (χ0v) is 40.6. The van der Waals surface area contributed by atoms with Crippen molar-refractivity contribution >= 4 is 29.2 Å². The summed E-state index contributed by atoms with van der Waals surface area (Å²) in [5.41, 5.74) is 1.27. The van der Waals surface area contributed by atoms with Gasteiger partial charge in [-0.2, -0.15) is 0 Å². The lowest BCUT2D eigenvalue weighted by molar-refractivity contribution is -0.265. The van der Waals surface area contributed by atoms with E-state index in [4.69, 9.17) is 23.7 Å². The topological polar surface area (TPSA) is 195 Å². The number of hydrogen-bond acceptors (Lipinski definition) is 13. The highest BCUT2D eigenvalue weighted by Gasteiger charge is 2.53. The Morgan fingerprint density at radius 2 is 1.57 bits per heavy atom. The van der Waals surface area contributed by atoms with Crippen molar-refractivity contribution in [2.75, 3.05) is 27.9 Å². The maximum atomic E-state index is 14.4. The van der Waals surface area contributed by atoms with E-state index in [1.165, 1.54) is 12.0 Å². The quantitative estimate of drug-likeness (QED) is 0.156. The van der Waals surface area contributed by atoms with Crippen molar-refractivity contribution in [1.29, 1.82) is 0 Å². The Morgan fingerprint density at radius 1 is 0.846 bits per heavy atom. The monoisotopic (exact) mass is 914 g/mol. The molecule has 3 heterocycles. The summed E-state index contributed by atoms with van der Waals surface area (Å²) in [5.74, 6) is -7.96. The molecule has 1 aliphatic carbocycles. The Balaban J connectivity index is 1.70. The van der Waals surface area contributed by atoms with Gasteiger partial charge < -0.3 is 43.9 Å². The molecule has 2 saturated heterocycles. The molecule has 15 atom stereocenters. The molecule has 0 radical (unpaired) electrons. The van der Waals surface area contributed by atoms with Crippen LogP contribution >= 0.6 is 0 Å². The standard InChI is InChI=1S/C51H79NO13/c1-30-16-12-11-13-17-31(2)42(61-8)28-38-21-19-36(7)51(60,65-38)48(57)49(58)52-23-15-14-18-39(52)50(59)64-43(33(4)26-37-20-22-40(53)44(27-37)62-9)29-41(54)32(3)25-35(6)46(56)47(63-10)45(55)34(5)24-30/h11-13,16-17,25,30,32-34,36-40,42-44,46-47,53,56,60H,14-15,18-24,26-29H2,1-10H3/b13-11+,16-12+,31-17+,35-25+/t30-,32-,33-,34-,36-,37+,38+,39+,40-,42+,43?,44-,46-,47-,51-/m1/s1. The number of methoxy groups -OCH3 is 3. The third-order valence-electron chi connectivity index (χ3n) is 14.5. The van der Waals surface area contributed by atoms with Gasteiger partial charge in [-0.05, 0) is 107 Å². The maximum Gasteiger partial charge on any atom is 0.329 e. The molecule has 0 spiro atoms. The zero-order valence-electron chi connectivity index (χ0n) is 40.6. The van der Waals surface area contributed by atoms with E-state index in [1.807, 2.05) is 58.1 Å². The fourth-order valence-corrected chi connectivity index (χ4v) is 10.1. The molecular weight excluding hydrogens is 835 g/mol. The smallest absolute Gasteiger partial charge is 0.329 e. The fraction of sp³-hybridized carbons (Fsp3) is 0.745. The summed E-state index contributed by atoms with van der Waals surface area (Å²) in [7, 11) is 4.52. The summed E-state index contributed by atoms with van der Waals surface area (Å²) in [6.45, 7) is 12.7. The number of fused-ring (bicyclic) bond motifs is 3. The van der Waals surface area contributed by atoms with Crippen molar-refractivity contribution in [2.45, 2.75) is 180 Å². The predicted octanol–water partition coefficient (Wildman–Crippen LogP) is 6.18. The molecule has 4 aliphatic rings. The molecule has 0 aromatic carbocycles. The van der Waals surface area contributed by atoms with Gasteiger partial charge in [0, 0.05) is 58.5 Å². The second kappa shape index (κ2) is 25.1. The highest BCUT2D eigenvalue weighted by atomic mass is 16.6. The number of nitrogens with zero attached hydrogens (tertiary/aromatic N) is 1. The van der Waals surface area contributed by atoms with E-state index in [9.17, 15) is 39.3 Å². The maximum absolute atomic E-state index is 14.4. The normalized spacial score (nSPS) is 40.4. The number of hydrogen-bond donors (Lipinski definition) is 3. The van der Waals surface area contributed by atoms with Crippen LogP contribution in [0.2, 0.25) is 0 Å². The molecular formula is C51H79NO13. The summed E-state index contributed by atoms with van der Waals surface area (Å²) in [5, 5.41) is 33.8. The summed E-state index contributed by atoms with van der Waals surface area (Å²) in [4.78, 5) is 71.8. The number of ether oxygens (including phenoxy) is 5. The van der Waals surface area contributed by atoms with Crippen LogP contribution in [-0.4, -0.2) is 132 Å². The Kier molecular flexibility index (Phi) is 21.0. The molecule has 0 aromatic heterocycles. The van der Waals surface area contributed by atoms with Crippen LogP contribution in [0.3, 0.4) is 0 Å². The first-order valence-electron chi connectivity index (χ1n) is 23.9. The lowest BCUT2D eigenvalue weighted by Crippen LogP contribution is -2.61. The highest BCUT2D eigenvalue weighted by molar-refractivity contribution is 6.39. The molecule has 0 aromatic rings. The second-order valence-corrected chi connectivity index (χ2v) is 19.6. The van der Waals surface area contributed by atoms with Crippen LogP contribution in [0.5, 0.6) is 0 Å². The van der Waals surface area contributed by atoms with Gasteiger partial charge in [-0.1, -0.05) is 71.1 Å². The largest absolute Gasteiger partial charge is 0.460 e. The van der Waals surface area contributed by atoms with Crippen molar-refractivity contribution in [3.05, 3.63) is 47.6 Å². The molecule has 4 rings (SSSR count). The number of aliphatic hydroxyl groups is 3. The highest BCUT2D eigenvalue weighted by Crippen LogP contribution is 2.38. The molecule has 1 amide bonds. The Bertz CT molecular complexity index is 1760. The molecule has 3 fully saturated rings. The predicted molar refractivity (Wildman–Crippen MR) is 245 cm³/mol. The number of ketones is 3. The van der Waals surface area contributed by atoms with Gasteiger partial charge in [-0.15, -0.1) is 0 Å². The minimum atomic E-state index is -2.43. The molecule has 14 heteroatoms. The molecule has 1 saturated carbocycles. The van der Waals surface area contributed by atoms with Gasteiger partial charge in [-0.25, -0.2) is 4.79 Å². The Hall–Kier alpha value is -3.37. The van der Waals surface area contributed by atoms with E-state index in [0.717, 1.165) is 12.0 Å². The van der Waals surface area contributed by atoms with Crippen molar-refractivity contribution in [3.8, 4) is 0 Å². The van der Waals surface area contributed by atoms with Gasteiger partial charge in [0.05, 0.1) is 24.4 Å². The molecule has 3 N–H and O–H groups in total. The SMILES string of the molecule is CO[C@H]1C[C@@H]2CC[C@@H](C)[C@@](O)(O2)C(=O)C(=O)N2CCCC[C@H]2C(=O)OC([C@H](C)C[C@@H]2CC[C@@H](O)[C@H](OC)C2)CC(=O)[C@H](C)/C=C(\C)[C@@H](O)[C@H](OC)C(=O)[C@H](C)C[C@H](C)/C=C/C=C/C=C/1C. The van der Waals surface area contributed by atoms with Crippen LogP contribution in [0.4, 0.5) is 0 Å². The number of piperidine rings is 1. The van der Waals surface area contributed by atoms with Crippen molar-refractivity contribution in [3.63, 3.8) is 0 Å². The van der Waals surface area contributed by atoms with E-state index < -0.39 is 83.9 Å². The Morgan fingerprint density at radius 3 is 2.25 bits per heavy atom. The number of allylic oxidation sites excluding steroid dienone is 6. The average molecular weight is 914 g/mol. The number of aliphatic hydroxyl groups excluding tert-OH is 2. The molecule has 2 bridgehead atoms. The fourth-order valence-electron chi connectivity index (χ4n) is 10.1. The first-order chi connectivity index (χ1) is 30.7. The van der Waals surface area contributed by atoms with Gasteiger partial charge in [0.25, 0.3) is 11.7 Å². The van der Waals surface area contributed by atoms with Crippen molar-refractivity contribution < 1.29 is 63.0 Å². The molecule has 366 valence electrons. The third-order valence-corrected chi connectivity index (χ3v) is 14.5. The van der Waals surface area contributed by atoms with Gasteiger partial charge >= 0.3 is 5.97 Å².